The minimum atomic E-state index is -0.217. The van der Waals surface area contributed by atoms with Gasteiger partial charge in [-0.2, -0.15) is 5.26 Å². The highest BCUT2D eigenvalue weighted by Gasteiger charge is 2.48. The molecule has 8 heteroatoms. The Morgan fingerprint density at radius 3 is 2.79 bits per heavy atom. The summed E-state index contributed by atoms with van der Waals surface area (Å²) in [5.41, 5.74) is 2.43. The van der Waals surface area contributed by atoms with Crippen molar-refractivity contribution >= 4 is 11.9 Å². The zero-order valence-electron chi connectivity index (χ0n) is 16.6. The second-order valence-corrected chi connectivity index (χ2v) is 7.79. The van der Waals surface area contributed by atoms with Crippen LogP contribution in [0.1, 0.15) is 23.2 Å². The summed E-state index contributed by atoms with van der Waals surface area (Å²) < 4.78 is 11.0. The van der Waals surface area contributed by atoms with Crippen LogP contribution in [-0.4, -0.2) is 85.5 Å². The predicted molar refractivity (Wildman–Crippen MR) is 103 cm³/mol. The number of carbonyl (C=O) groups is 1. The molecule has 3 aliphatic rings. The van der Waals surface area contributed by atoms with Crippen LogP contribution in [0.5, 0.6) is 0 Å². The lowest BCUT2D eigenvalue weighted by molar-refractivity contribution is 0.0363. The average molecular weight is 385 g/mol. The molecule has 28 heavy (non-hydrogen) atoms. The summed E-state index contributed by atoms with van der Waals surface area (Å²) in [6, 6.07) is 4.23. The van der Waals surface area contributed by atoms with Crippen molar-refractivity contribution in [3.63, 3.8) is 0 Å². The zero-order chi connectivity index (χ0) is 19.7. The van der Waals surface area contributed by atoms with Crippen LogP contribution in [0.4, 0.5) is 10.6 Å². The predicted octanol–water partition coefficient (Wildman–Crippen LogP) is 1.30. The summed E-state index contributed by atoms with van der Waals surface area (Å²) in [7, 11) is 0. The summed E-state index contributed by atoms with van der Waals surface area (Å²) >= 11 is 0. The van der Waals surface area contributed by atoms with Crippen LogP contribution in [-0.2, 0) is 9.47 Å². The lowest BCUT2D eigenvalue weighted by atomic mass is 10.1. The number of nitriles is 1. The van der Waals surface area contributed by atoms with Crippen molar-refractivity contribution in [3.05, 3.63) is 22.9 Å². The number of carbonyl (C=O) groups excluding carboxylic acids is 1. The number of anilines is 1. The minimum Gasteiger partial charge on any atom is -0.442 e. The molecule has 1 aromatic rings. The van der Waals surface area contributed by atoms with Crippen molar-refractivity contribution in [2.45, 2.75) is 32.4 Å². The van der Waals surface area contributed by atoms with Gasteiger partial charge in [-0.15, -0.1) is 0 Å². The van der Waals surface area contributed by atoms with Crippen LogP contribution >= 0.6 is 0 Å². The molecule has 0 unspecified atom stereocenters. The van der Waals surface area contributed by atoms with E-state index < -0.39 is 0 Å². The molecule has 0 aliphatic carbocycles. The van der Waals surface area contributed by atoms with Gasteiger partial charge in [-0.3, -0.25) is 9.80 Å². The lowest BCUT2D eigenvalue weighted by Crippen LogP contribution is -2.41. The van der Waals surface area contributed by atoms with E-state index in [1.807, 2.05) is 24.8 Å². The number of nitrogens with zero attached hydrogens (tertiary/aromatic N) is 5. The fraction of sp³-hybridized carbons (Fsp3) is 0.650. The number of fused-ring (bicyclic) bond motifs is 1. The summed E-state index contributed by atoms with van der Waals surface area (Å²) in [5.74, 6) is 0.707. The van der Waals surface area contributed by atoms with Crippen molar-refractivity contribution in [1.82, 2.24) is 14.8 Å². The Hall–Kier alpha value is -2.37. The highest BCUT2D eigenvalue weighted by Crippen LogP contribution is 2.32. The number of hydrogen-bond acceptors (Lipinski definition) is 7. The molecule has 4 rings (SSSR count). The van der Waals surface area contributed by atoms with Gasteiger partial charge in [0.1, 0.15) is 18.0 Å². The van der Waals surface area contributed by atoms with Gasteiger partial charge in [0, 0.05) is 38.4 Å². The van der Waals surface area contributed by atoms with Crippen LogP contribution in [0.25, 0.3) is 0 Å². The number of aromatic nitrogens is 1. The van der Waals surface area contributed by atoms with Crippen molar-refractivity contribution < 1.29 is 14.3 Å². The molecule has 1 aromatic heterocycles. The topological polar surface area (TPSA) is 81.9 Å². The van der Waals surface area contributed by atoms with Gasteiger partial charge in [0.2, 0.25) is 0 Å². The second-order valence-electron chi connectivity index (χ2n) is 7.79. The Morgan fingerprint density at radius 2 is 2.04 bits per heavy atom. The molecule has 2 atom stereocenters. The fourth-order valence-electron chi connectivity index (χ4n) is 4.41. The number of aryl methyl sites for hydroxylation is 2. The van der Waals surface area contributed by atoms with Crippen molar-refractivity contribution in [2.24, 2.45) is 0 Å². The Bertz CT molecular complexity index is 787. The van der Waals surface area contributed by atoms with E-state index in [1.165, 1.54) is 0 Å². The molecule has 3 saturated heterocycles. The Morgan fingerprint density at radius 1 is 1.25 bits per heavy atom. The smallest absolute Gasteiger partial charge is 0.410 e. The van der Waals surface area contributed by atoms with Crippen molar-refractivity contribution in [3.8, 4) is 6.07 Å². The van der Waals surface area contributed by atoms with Gasteiger partial charge in [-0.1, -0.05) is 0 Å². The maximum Gasteiger partial charge on any atom is 0.410 e. The maximum atomic E-state index is 12.3. The quantitative estimate of drug-likeness (QED) is 0.756. The molecule has 8 nitrogen and oxygen atoms in total. The first-order valence-corrected chi connectivity index (χ1v) is 9.97. The number of morpholine rings is 1. The molecule has 0 radical (unpaired) electrons. The normalized spacial score (nSPS) is 25.0. The van der Waals surface area contributed by atoms with Crippen LogP contribution in [0.2, 0.25) is 0 Å². The molecule has 3 fully saturated rings. The molecule has 0 bridgehead atoms. The third kappa shape index (κ3) is 3.64. The van der Waals surface area contributed by atoms with Gasteiger partial charge in [-0.25, -0.2) is 9.78 Å². The molecule has 4 heterocycles. The van der Waals surface area contributed by atoms with E-state index in [-0.39, 0.29) is 18.2 Å². The van der Waals surface area contributed by atoms with Crippen LogP contribution in [0.3, 0.4) is 0 Å². The molecule has 0 saturated carbocycles. The molecule has 0 spiro atoms. The van der Waals surface area contributed by atoms with E-state index in [0.29, 0.717) is 31.0 Å². The first kappa shape index (κ1) is 19.0. The molecule has 1 amide bonds. The molecule has 3 aliphatic heterocycles. The lowest BCUT2D eigenvalue weighted by Gasteiger charge is -2.28. The van der Waals surface area contributed by atoms with Gasteiger partial charge in [-0.05, 0) is 31.9 Å². The van der Waals surface area contributed by atoms with E-state index in [9.17, 15) is 10.1 Å². The molecular weight excluding hydrogens is 358 g/mol. The summed E-state index contributed by atoms with van der Waals surface area (Å²) in [4.78, 5) is 23.3. The second kappa shape index (κ2) is 7.94. The minimum absolute atomic E-state index is 0.0198. The summed E-state index contributed by atoms with van der Waals surface area (Å²) in [5, 5.41) is 9.56. The maximum absolute atomic E-state index is 12.3. The van der Waals surface area contributed by atoms with E-state index in [2.05, 4.69) is 20.9 Å². The number of hydrogen-bond donors (Lipinski definition) is 0. The molecule has 0 aromatic carbocycles. The fourth-order valence-corrected chi connectivity index (χ4v) is 4.41. The van der Waals surface area contributed by atoms with Crippen molar-refractivity contribution in [2.75, 3.05) is 57.4 Å². The summed E-state index contributed by atoms with van der Waals surface area (Å²) in [6.07, 6.45) is 0.541. The zero-order valence-corrected chi connectivity index (χ0v) is 16.6. The highest BCUT2D eigenvalue weighted by atomic mass is 16.6. The third-order valence-electron chi connectivity index (χ3n) is 5.84. The van der Waals surface area contributed by atoms with Crippen LogP contribution in [0.15, 0.2) is 6.07 Å². The van der Waals surface area contributed by atoms with Crippen molar-refractivity contribution in [1.29, 1.82) is 5.26 Å². The Balaban J connectivity index is 1.41. The third-order valence-corrected chi connectivity index (χ3v) is 5.84. The number of pyridine rings is 1. The van der Waals surface area contributed by atoms with E-state index in [1.54, 1.807) is 0 Å². The number of amides is 1. The van der Waals surface area contributed by atoms with Gasteiger partial charge in [0.15, 0.2) is 0 Å². The van der Waals surface area contributed by atoms with Gasteiger partial charge in [0.25, 0.3) is 0 Å². The Kier molecular flexibility index (Phi) is 5.38. The largest absolute Gasteiger partial charge is 0.442 e. The molecular formula is C20H27N5O3. The summed E-state index contributed by atoms with van der Waals surface area (Å²) in [6.45, 7) is 10.3. The van der Waals surface area contributed by atoms with Gasteiger partial charge < -0.3 is 14.4 Å². The van der Waals surface area contributed by atoms with Gasteiger partial charge >= 0.3 is 6.09 Å². The number of rotatable bonds is 5. The van der Waals surface area contributed by atoms with Gasteiger partial charge in [0.05, 0.1) is 31.4 Å². The molecule has 150 valence electrons. The Labute approximate surface area is 165 Å². The first-order valence-electron chi connectivity index (χ1n) is 9.97. The first-order chi connectivity index (χ1) is 13.6. The van der Waals surface area contributed by atoms with Crippen LogP contribution in [0, 0.1) is 25.2 Å². The monoisotopic (exact) mass is 385 g/mol. The SMILES string of the molecule is Cc1cc(C)c(C#N)c(N2C[C@@H]3OC(=O)N(CCCN4CCOCC4)[C@@H]3C2)n1. The van der Waals surface area contributed by atoms with Crippen LogP contribution < -0.4 is 4.90 Å². The molecule has 0 N–H and O–H groups in total. The standard InChI is InChI=1S/C20H27N5O3/c1-14-10-15(2)22-19(16(14)11-21)24-12-17-18(13-24)28-20(26)25(17)5-3-4-23-6-8-27-9-7-23/h10,17-18H,3-9,12-13H2,1-2H3/t17-,18+/m1/s1. The van der Waals surface area contributed by atoms with E-state index in [0.717, 1.165) is 50.5 Å². The average Bonchev–Trinajstić information content (AvgIpc) is 3.20. The number of ether oxygens (including phenoxy) is 2. The van der Waals surface area contributed by atoms with E-state index >= 15 is 0 Å². The van der Waals surface area contributed by atoms with E-state index in [4.69, 9.17) is 9.47 Å². The highest BCUT2D eigenvalue weighted by molar-refractivity contribution is 5.72.